The second-order valence-corrected chi connectivity index (χ2v) is 4.77. The maximum Gasteiger partial charge on any atom is 0.185 e. The van der Waals surface area contributed by atoms with Crippen LogP contribution in [-0.2, 0) is 0 Å². The van der Waals surface area contributed by atoms with E-state index in [0.29, 0.717) is 5.92 Å². The second-order valence-electron chi connectivity index (χ2n) is 4.77. The maximum absolute atomic E-state index is 11.4. The van der Waals surface area contributed by atoms with E-state index >= 15 is 0 Å². The van der Waals surface area contributed by atoms with E-state index in [9.17, 15) is 4.79 Å². The Kier molecular flexibility index (Phi) is 3.75. The van der Waals surface area contributed by atoms with Crippen molar-refractivity contribution in [1.82, 2.24) is 4.90 Å². The summed E-state index contributed by atoms with van der Waals surface area (Å²) in [4.78, 5) is 13.8. The van der Waals surface area contributed by atoms with Crippen molar-refractivity contribution in [2.24, 2.45) is 0 Å². The minimum absolute atomic E-state index is 0.0000671. The Morgan fingerprint density at radius 1 is 1.29 bits per heavy atom. The lowest BCUT2D eigenvalue weighted by Gasteiger charge is -2.29. The topological polar surface area (TPSA) is 20.3 Å². The molecule has 2 heteroatoms. The lowest BCUT2D eigenvalue weighted by Crippen LogP contribution is -2.29. The summed E-state index contributed by atoms with van der Waals surface area (Å²) in [6.07, 6.45) is 3.79. The Bertz CT molecular complexity index is 399. The van der Waals surface area contributed by atoms with Crippen molar-refractivity contribution in [3.63, 3.8) is 0 Å². The Morgan fingerprint density at radius 2 is 1.88 bits per heavy atom. The van der Waals surface area contributed by atoms with Gasteiger partial charge in [0.2, 0.25) is 0 Å². The van der Waals surface area contributed by atoms with Crippen molar-refractivity contribution in [2.45, 2.75) is 18.8 Å². The zero-order valence-electron chi connectivity index (χ0n) is 10.4. The van der Waals surface area contributed by atoms with Gasteiger partial charge < -0.3 is 4.90 Å². The zero-order chi connectivity index (χ0) is 12.3. The molecule has 1 aliphatic rings. The van der Waals surface area contributed by atoms with E-state index in [2.05, 4.69) is 30.7 Å². The molecular formula is C15H19NO. The van der Waals surface area contributed by atoms with Gasteiger partial charge in [-0.15, -0.1) is 0 Å². The number of hydrogen-bond donors (Lipinski definition) is 0. The monoisotopic (exact) mass is 229 g/mol. The van der Waals surface area contributed by atoms with Crippen LogP contribution in [0.5, 0.6) is 0 Å². The van der Waals surface area contributed by atoms with Gasteiger partial charge in [-0.25, -0.2) is 0 Å². The van der Waals surface area contributed by atoms with E-state index in [4.69, 9.17) is 0 Å². The normalized spacial score (nSPS) is 17.9. The smallest absolute Gasteiger partial charge is 0.185 e. The molecule has 0 N–H and O–H groups in total. The summed E-state index contributed by atoms with van der Waals surface area (Å²) in [5, 5.41) is 0. The van der Waals surface area contributed by atoms with Crippen LogP contribution in [0.3, 0.4) is 0 Å². The van der Waals surface area contributed by atoms with Crippen molar-refractivity contribution >= 4 is 5.78 Å². The highest BCUT2D eigenvalue weighted by atomic mass is 16.1. The fourth-order valence-electron chi connectivity index (χ4n) is 2.38. The zero-order valence-corrected chi connectivity index (χ0v) is 10.4. The summed E-state index contributed by atoms with van der Waals surface area (Å²) in [5.41, 5.74) is 2.09. The minimum atomic E-state index is -0.0000671. The van der Waals surface area contributed by atoms with Crippen LogP contribution in [0.15, 0.2) is 36.9 Å². The third-order valence-corrected chi connectivity index (χ3v) is 3.57. The SMILES string of the molecule is C=CC(=O)c1ccc(C2CCN(C)CC2)cc1. The number of benzene rings is 1. The molecule has 1 aromatic carbocycles. The molecule has 0 aliphatic carbocycles. The minimum Gasteiger partial charge on any atom is -0.306 e. The van der Waals surface area contributed by atoms with Gasteiger partial charge in [-0.2, -0.15) is 0 Å². The van der Waals surface area contributed by atoms with Gasteiger partial charge in [0.05, 0.1) is 0 Å². The molecule has 1 heterocycles. The maximum atomic E-state index is 11.4. The summed E-state index contributed by atoms with van der Waals surface area (Å²) >= 11 is 0. The highest BCUT2D eigenvalue weighted by Gasteiger charge is 2.18. The largest absolute Gasteiger partial charge is 0.306 e. The molecular weight excluding hydrogens is 210 g/mol. The summed E-state index contributed by atoms with van der Waals surface area (Å²) < 4.78 is 0. The summed E-state index contributed by atoms with van der Waals surface area (Å²) in [5.74, 6) is 0.652. The highest BCUT2D eigenvalue weighted by Crippen LogP contribution is 2.27. The predicted octanol–water partition coefficient (Wildman–Crippen LogP) is 2.86. The molecule has 0 unspecified atom stereocenters. The van der Waals surface area contributed by atoms with Gasteiger partial charge in [0.1, 0.15) is 0 Å². The van der Waals surface area contributed by atoms with Crippen LogP contribution in [-0.4, -0.2) is 30.8 Å². The number of ketones is 1. The molecule has 90 valence electrons. The van der Waals surface area contributed by atoms with Crippen LogP contribution >= 0.6 is 0 Å². The third-order valence-electron chi connectivity index (χ3n) is 3.57. The first-order chi connectivity index (χ1) is 8.20. The predicted molar refractivity (Wildman–Crippen MR) is 70.4 cm³/mol. The first-order valence-corrected chi connectivity index (χ1v) is 6.16. The molecule has 1 saturated heterocycles. The van der Waals surface area contributed by atoms with Gasteiger partial charge in [-0.3, -0.25) is 4.79 Å². The summed E-state index contributed by atoms with van der Waals surface area (Å²) in [6.45, 7) is 5.83. The Labute approximate surface area is 103 Å². The number of hydrogen-bond acceptors (Lipinski definition) is 2. The van der Waals surface area contributed by atoms with Crippen LogP contribution in [0.25, 0.3) is 0 Å². The first kappa shape index (κ1) is 12.1. The van der Waals surface area contributed by atoms with Crippen LogP contribution in [0.2, 0.25) is 0 Å². The van der Waals surface area contributed by atoms with Gasteiger partial charge >= 0.3 is 0 Å². The van der Waals surface area contributed by atoms with E-state index in [1.165, 1.54) is 24.5 Å². The average molecular weight is 229 g/mol. The molecule has 0 aromatic heterocycles. The second kappa shape index (κ2) is 5.28. The van der Waals surface area contributed by atoms with Gasteiger partial charge in [-0.05, 0) is 50.5 Å². The highest BCUT2D eigenvalue weighted by molar-refractivity contribution is 6.04. The van der Waals surface area contributed by atoms with Crippen LogP contribution in [0, 0.1) is 0 Å². The Hall–Kier alpha value is -1.41. The lowest BCUT2D eigenvalue weighted by molar-refractivity contribution is 0.104. The number of nitrogens with zero attached hydrogens (tertiary/aromatic N) is 1. The van der Waals surface area contributed by atoms with Gasteiger partial charge in [0, 0.05) is 5.56 Å². The molecule has 0 saturated carbocycles. The molecule has 0 amide bonds. The van der Waals surface area contributed by atoms with Crippen molar-refractivity contribution in [3.05, 3.63) is 48.0 Å². The number of carbonyl (C=O) groups is 1. The fraction of sp³-hybridized carbons (Fsp3) is 0.400. The molecule has 1 fully saturated rings. The molecule has 1 aliphatic heterocycles. The number of carbonyl (C=O) groups excluding carboxylic acids is 1. The molecule has 0 atom stereocenters. The van der Waals surface area contributed by atoms with E-state index in [1.54, 1.807) is 0 Å². The summed E-state index contributed by atoms with van der Waals surface area (Å²) in [7, 11) is 2.17. The number of rotatable bonds is 3. The Balaban J connectivity index is 2.07. The van der Waals surface area contributed by atoms with Crippen LogP contribution in [0.4, 0.5) is 0 Å². The van der Waals surface area contributed by atoms with Crippen molar-refractivity contribution < 1.29 is 4.79 Å². The molecule has 2 nitrogen and oxygen atoms in total. The van der Waals surface area contributed by atoms with Crippen molar-refractivity contribution in [2.75, 3.05) is 20.1 Å². The van der Waals surface area contributed by atoms with Gasteiger partial charge in [-0.1, -0.05) is 30.8 Å². The molecule has 2 rings (SSSR count). The van der Waals surface area contributed by atoms with Gasteiger partial charge in [0.15, 0.2) is 5.78 Å². The average Bonchev–Trinajstić information content (AvgIpc) is 2.39. The lowest BCUT2D eigenvalue weighted by atomic mass is 9.89. The Morgan fingerprint density at radius 3 is 2.41 bits per heavy atom. The molecule has 0 spiro atoms. The number of likely N-dealkylation sites (tertiary alicyclic amines) is 1. The van der Waals surface area contributed by atoms with E-state index in [0.717, 1.165) is 18.7 Å². The van der Waals surface area contributed by atoms with Gasteiger partial charge in [0.25, 0.3) is 0 Å². The molecule has 1 aromatic rings. The summed E-state index contributed by atoms with van der Waals surface area (Å²) in [6, 6.07) is 8.01. The third kappa shape index (κ3) is 2.83. The number of allylic oxidation sites excluding steroid dienone is 1. The van der Waals surface area contributed by atoms with Crippen LogP contribution < -0.4 is 0 Å². The van der Waals surface area contributed by atoms with Crippen molar-refractivity contribution in [1.29, 1.82) is 0 Å². The molecule has 0 bridgehead atoms. The van der Waals surface area contributed by atoms with E-state index < -0.39 is 0 Å². The van der Waals surface area contributed by atoms with E-state index in [-0.39, 0.29) is 5.78 Å². The van der Waals surface area contributed by atoms with E-state index in [1.807, 2.05) is 12.1 Å². The van der Waals surface area contributed by atoms with Crippen LogP contribution in [0.1, 0.15) is 34.7 Å². The molecule has 0 radical (unpaired) electrons. The van der Waals surface area contributed by atoms with Crippen molar-refractivity contribution in [3.8, 4) is 0 Å². The fourth-order valence-corrected chi connectivity index (χ4v) is 2.38. The molecule has 17 heavy (non-hydrogen) atoms. The number of piperidine rings is 1. The standard InChI is InChI=1S/C15H19NO/c1-3-15(17)14-6-4-12(5-7-14)13-8-10-16(2)11-9-13/h3-7,13H,1,8-11H2,2H3. The first-order valence-electron chi connectivity index (χ1n) is 6.16. The quantitative estimate of drug-likeness (QED) is 0.587.